The minimum absolute atomic E-state index is 0.00111. The standard InChI is InChI=1S/C28H45FO4/c1-2-3-4-5-6-7-8-9-10-11-12-13-14-15-16-23-32-27(30)21-22-28(31)33-24-25-17-19-26(29)20-18-25/h17-20H,2-16,21-24H2,1H3. The number of unbranched alkanes of at least 4 members (excludes halogenated alkanes) is 14. The minimum Gasteiger partial charge on any atom is -0.466 e. The first kappa shape index (κ1) is 29.1. The van der Waals surface area contributed by atoms with E-state index < -0.39 is 5.97 Å². The first-order chi connectivity index (χ1) is 16.1. The molecule has 188 valence electrons. The molecule has 0 atom stereocenters. The molecule has 0 aromatic heterocycles. The highest BCUT2D eigenvalue weighted by molar-refractivity contribution is 5.77. The van der Waals surface area contributed by atoms with Gasteiger partial charge < -0.3 is 9.47 Å². The Morgan fingerprint density at radius 2 is 1.06 bits per heavy atom. The van der Waals surface area contributed by atoms with Crippen molar-refractivity contribution in [3.05, 3.63) is 35.6 Å². The van der Waals surface area contributed by atoms with E-state index >= 15 is 0 Å². The fraction of sp³-hybridized carbons (Fsp3) is 0.714. The molecule has 0 aliphatic heterocycles. The van der Waals surface area contributed by atoms with E-state index in [1.165, 1.54) is 95.6 Å². The normalized spacial score (nSPS) is 10.8. The van der Waals surface area contributed by atoms with Gasteiger partial charge in [-0.2, -0.15) is 0 Å². The monoisotopic (exact) mass is 464 g/mol. The molecule has 0 unspecified atom stereocenters. The lowest BCUT2D eigenvalue weighted by molar-refractivity contribution is -0.151. The average Bonchev–Trinajstić information content (AvgIpc) is 2.82. The molecule has 0 bridgehead atoms. The third-order valence-electron chi connectivity index (χ3n) is 5.86. The molecule has 1 aromatic rings. The topological polar surface area (TPSA) is 52.6 Å². The van der Waals surface area contributed by atoms with Crippen LogP contribution in [0.1, 0.15) is 122 Å². The number of hydrogen-bond donors (Lipinski definition) is 0. The zero-order valence-electron chi connectivity index (χ0n) is 20.8. The van der Waals surface area contributed by atoms with Crippen molar-refractivity contribution in [1.29, 1.82) is 0 Å². The van der Waals surface area contributed by atoms with Crippen molar-refractivity contribution in [3.8, 4) is 0 Å². The van der Waals surface area contributed by atoms with Gasteiger partial charge >= 0.3 is 11.9 Å². The van der Waals surface area contributed by atoms with Crippen molar-refractivity contribution in [1.82, 2.24) is 0 Å². The van der Waals surface area contributed by atoms with Gasteiger partial charge in [0.2, 0.25) is 0 Å². The van der Waals surface area contributed by atoms with Gasteiger partial charge in [-0.25, -0.2) is 4.39 Å². The summed E-state index contributed by atoms with van der Waals surface area (Å²) in [7, 11) is 0. The molecule has 0 N–H and O–H groups in total. The Balaban J connectivity index is 1.82. The van der Waals surface area contributed by atoms with Gasteiger partial charge in [0.1, 0.15) is 12.4 Å². The summed E-state index contributed by atoms with van der Waals surface area (Å²) < 4.78 is 23.1. The molecule has 0 saturated carbocycles. The van der Waals surface area contributed by atoms with Crippen LogP contribution in [0.3, 0.4) is 0 Å². The summed E-state index contributed by atoms with van der Waals surface area (Å²) >= 11 is 0. The molecule has 0 aliphatic carbocycles. The number of hydrogen-bond acceptors (Lipinski definition) is 4. The van der Waals surface area contributed by atoms with Gasteiger partial charge in [0.15, 0.2) is 0 Å². The van der Waals surface area contributed by atoms with Crippen molar-refractivity contribution in [2.24, 2.45) is 0 Å². The van der Waals surface area contributed by atoms with Crippen LogP contribution in [-0.2, 0) is 25.7 Å². The molecule has 1 aromatic carbocycles. The third kappa shape index (κ3) is 18.2. The molecule has 33 heavy (non-hydrogen) atoms. The number of esters is 2. The van der Waals surface area contributed by atoms with E-state index in [-0.39, 0.29) is 31.2 Å². The summed E-state index contributed by atoms with van der Waals surface area (Å²) in [5.74, 6) is -1.15. The molecule has 0 fully saturated rings. The molecule has 0 aliphatic rings. The molecule has 0 amide bonds. The van der Waals surface area contributed by atoms with E-state index in [2.05, 4.69) is 6.92 Å². The first-order valence-corrected chi connectivity index (χ1v) is 13.2. The van der Waals surface area contributed by atoms with Crippen LogP contribution in [0.5, 0.6) is 0 Å². The van der Waals surface area contributed by atoms with Crippen molar-refractivity contribution in [2.45, 2.75) is 123 Å². The number of benzene rings is 1. The Kier molecular flexibility index (Phi) is 18.2. The molecule has 4 nitrogen and oxygen atoms in total. The van der Waals surface area contributed by atoms with E-state index in [0.717, 1.165) is 12.8 Å². The molecule has 0 radical (unpaired) electrons. The van der Waals surface area contributed by atoms with Crippen LogP contribution in [0.25, 0.3) is 0 Å². The second-order valence-corrected chi connectivity index (χ2v) is 8.96. The van der Waals surface area contributed by atoms with E-state index in [4.69, 9.17) is 9.47 Å². The fourth-order valence-corrected chi connectivity index (χ4v) is 3.75. The number of carbonyl (C=O) groups is 2. The van der Waals surface area contributed by atoms with Crippen molar-refractivity contribution >= 4 is 11.9 Å². The van der Waals surface area contributed by atoms with Crippen LogP contribution in [0, 0.1) is 5.82 Å². The summed E-state index contributed by atoms with van der Waals surface area (Å²) in [6, 6.07) is 5.76. The predicted molar refractivity (Wildman–Crippen MR) is 131 cm³/mol. The lowest BCUT2D eigenvalue weighted by atomic mass is 10.0. The van der Waals surface area contributed by atoms with Crippen molar-refractivity contribution in [3.63, 3.8) is 0 Å². The van der Waals surface area contributed by atoms with Crippen LogP contribution < -0.4 is 0 Å². The van der Waals surface area contributed by atoms with Crippen LogP contribution in [0.15, 0.2) is 24.3 Å². The van der Waals surface area contributed by atoms with E-state index in [1.54, 1.807) is 12.1 Å². The van der Waals surface area contributed by atoms with E-state index in [1.807, 2.05) is 0 Å². The number of halogens is 1. The number of ether oxygens (including phenoxy) is 2. The van der Waals surface area contributed by atoms with Crippen LogP contribution >= 0.6 is 0 Å². The summed E-state index contributed by atoms with van der Waals surface area (Å²) in [5, 5.41) is 0. The molecule has 0 saturated heterocycles. The van der Waals surface area contributed by atoms with Crippen LogP contribution in [0.4, 0.5) is 4.39 Å². The second-order valence-electron chi connectivity index (χ2n) is 8.96. The maximum absolute atomic E-state index is 12.8. The van der Waals surface area contributed by atoms with Gasteiger partial charge in [-0.15, -0.1) is 0 Å². The molecular weight excluding hydrogens is 419 g/mol. The highest BCUT2D eigenvalue weighted by atomic mass is 19.1. The minimum atomic E-state index is -0.455. The summed E-state index contributed by atoms with van der Waals surface area (Å²) in [6.45, 7) is 2.76. The lowest BCUT2D eigenvalue weighted by Gasteiger charge is -2.06. The van der Waals surface area contributed by atoms with Gasteiger partial charge in [-0.3, -0.25) is 9.59 Å². The van der Waals surface area contributed by atoms with Gasteiger partial charge in [-0.1, -0.05) is 109 Å². The van der Waals surface area contributed by atoms with E-state index in [0.29, 0.717) is 12.2 Å². The SMILES string of the molecule is CCCCCCCCCCCCCCCCCOC(=O)CCC(=O)OCc1ccc(F)cc1. The maximum atomic E-state index is 12.8. The van der Waals surface area contributed by atoms with Crippen LogP contribution in [0.2, 0.25) is 0 Å². The maximum Gasteiger partial charge on any atom is 0.306 e. The first-order valence-electron chi connectivity index (χ1n) is 13.2. The predicted octanol–water partition coefficient (Wildman–Crippen LogP) is 8.06. The Bertz CT molecular complexity index is 615. The fourth-order valence-electron chi connectivity index (χ4n) is 3.75. The lowest BCUT2D eigenvalue weighted by Crippen LogP contribution is -2.11. The largest absolute Gasteiger partial charge is 0.466 e. The van der Waals surface area contributed by atoms with Gasteiger partial charge in [0, 0.05) is 0 Å². The number of carbonyl (C=O) groups excluding carboxylic acids is 2. The quantitative estimate of drug-likeness (QED) is 0.136. The highest BCUT2D eigenvalue weighted by Gasteiger charge is 2.09. The zero-order valence-corrected chi connectivity index (χ0v) is 20.8. The summed E-state index contributed by atoms with van der Waals surface area (Å²) in [4.78, 5) is 23.4. The molecular formula is C28H45FO4. The Labute approximate surface area is 200 Å². The smallest absolute Gasteiger partial charge is 0.306 e. The van der Waals surface area contributed by atoms with Crippen molar-refractivity contribution in [2.75, 3.05) is 6.61 Å². The van der Waals surface area contributed by atoms with E-state index in [9.17, 15) is 14.0 Å². The highest BCUT2D eigenvalue weighted by Crippen LogP contribution is 2.13. The average molecular weight is 465 g/mol. The van der Waals surface area contributed by atoms with Gasteiger partial charge in [0.25, 0.3) is 0 Å². The van der Waals surface area contributed by atoms with Gasteiger partial charge in [-0.05, 0) is 24.1 Å². The number of rotatable bonds is 21. The zero-order chi connectivity index (χ0) is 24.0. The van der Waals surface area contributed by atoms with Crippen LogP contribution in [-0.4, -0.2) is 18.5 Å². The Morgan fingerprint density at radius 3 is 1.55 bits per heavy atom. The Morgan fingerprint density at radius 1 is 0.636 bits per heavy atom. The van der Waals surface area contributed by atoms with Crippen molar-refractivity contribution < 1.29 is 23.5 Å². The summed E-state index contributed by atoms with van der Waals surface area (Å²) in [5.41, 5.74) is 0.709. The third-order valence-corrected chi connectivity index (χ3v) is 5.86. The summed E-state index contributed by atoms with van der Waals surface area (Å²) in [6.07, 6.45) is 19.5. The molecule has 5 heteroatoms. The molecule has 1 rings (SSSR count). The molecule has 0 spiro atoms. The van der Waals surface area contributed by atoms with Gasteiger partial charge in [0.05, 0.1) is 19.4 Å². The Hall–Kier alpha value is -1.91. The second kappa shape index (κ2) is 20.7. The molecule has 0 heterocycles.